The van der Waals surface area contributed by atoms with Gasteiger partial charge in [-0.2, -0.15) is 0 Å². The molecule has 1 N–H and O–H groups in total. The molecule has 0 bridgehead atoms. The summed E-state index contributed by atoms with van der Waals surface area (Å²) in [6.45, 7) is 3.56. The fourth-order valence-corrected chi connectivity index (χ4v) is 5.50. The smallest absolute Gasteiger partial charge is 0.269 e. The quantitative estimate of drug-likeness (QED) is 0.571. The number of anilines is 1. The van der Waals surface area contributed by atoms with E-state index in [1.54, 1.807) is 6.07 Å². The Balaban J connectivity index is 1.67. The Kier molecular flexibility index (Phi) is 5.30. The predicted molar refractivity (Wildman–Crippen MR) is 98.8 cm³/mol. The molecule has 138 valence electrons. The van der Waals surface area contributed by atoms with Crippen LogP contribution >= 0.6 is 23.1 Å². The lowest BCUT2D eigenvalue weighted by atomic mass is 10.2. The van der Waals surface area contributed by atoms with E-state index in [0.717, 1.165) is 5.75 Å². The SMILES string of the molecule is CC(C)CSc1nnc(NC(=O)CN2C(=O)c3ccccc3S2(=O)=O)s1. The van der Waals surface area contributed by atoms with Crippen molar-refractivity contribution in [2.45, 2.75) is 23.1 Å². The number of rotatable bonds is 6. The first-order valence-corrected chi connectivity index (χ1v) is 11.0. The van der Waals surface area contributed by atoms with E-state index in [-0.39, 0.29) is 15.6 Å². The first-order valence-electron chi connectivity index (χ1n) is 7.71. The minimum Gasteiger partial charge on any atom is -0.299 e. The minimum absolute atomic E-state index is 0.0728. The van der Waals surface area contributed by atoms with Crippen LogP contribution < -0.4 is 5.32 Å². The number of carbonyl (C=O) groups excluding carboxylic acids is 2. The molecule has 1 aromatic carbocycles. The van der Waals surface area contributed by atoms with E-state index in [1.165, 1.54) is 41.3 Å². The molecule has 3 rings (SSSR count). The first kappa shape index (κ1) is 18.8. The molecule has 2 amide bonds. The molecule has 0 saturated heterocycles. The predicted octanol–water partition coefficient (Wildman–Crippen LogP) is 2.07. The highest BCUT2D eigenvalue weighted by molar-refractivity contribution is 8.01. The number of amides is 2. The Morgan fingerprint density at radius 1 is 1.31 bits per heavy atom. The van der Waals surface area contributed by atoms with Gasteiger partial charge in [0, 0.05) is 5.75 Å². The normalized spacial score (nSPS) is 15.3. The second kappa shape index (κ2) is 7.33. The molecule has 2 aromatic rings. The van der Waals surface area contributed by atoms with E-state index >= 15 is 0 Å². The summed E-state index contributed by atoms with van der Waals surface area (Å²) in [5, 5.41) is 10.6. The minimum atomic E-state index is -4.01. The van der Waals surface area contributed by atoms with Crippen LogP contribution in [0.15, 0.2) is 33.5 Å². The summed E-state index contributed by atoms with van der Waals surface area (Å²) in [5.41, 5.74) is 0.0728. The van der Waals surface area contributed by atoms with Gasteiger partial charge in [-0.15, -0.1) is 10.2 Å². The fourth-order valence-electron chi connectivity index (χ4n) is 2.23. The van der Waals surface area contributed by atoms with Crippen molar-refractivity contribution in [3.8, 4) is 0 Å². The summed E-state index contributed by atoms with van der Waals surface area (Å²) in [6, 6.07) is 5.89. The number of nitrogens with zero attached hydrogens (tertiary/aromatic N) is 3. The molecule has 0 fully saturated rings. The highest BCUT2D eigenvalue weighted by Crippen LogP contribution is 2.30. The van der Waals surface area contributed by atoms with Gasteiger partial charge in [-0.25, -0.2) is 12.7 Å². The molecular formula is C15H16N4O4S3. The maximum absolute atomic E-state index is 12.4. The van der Waals surface area contributed by atoms with Crippen LogP contribution in [0.1, 0.15) is 24.2 Å². The molecule has 26 heavy (non-hydrogen) atoms. The molecule has 0 saturated carbocycles. The van der Waals surface area contributed by atoms with Crippen LogP contribution in [0.4, 0.5) is 5.13 Å². The molecule has 0 unspecified atom stereocenters. The lowest BCUT2D eigenvalue weighted by molar-refractivity contribution is -0.116. The van der Waals surface area contributed by atoms with Crippen LogP contribution in [0.2, 0.25) is 0 Å². The molecule has 0 aliphatic carbocycles. The van der Waals surface area contributed by atoms with E-state index in [9.17, 15) is 18.0 Å². The highest BCUT2D eigenvalue weighted by Gasteiger charge is 2.41. The third-order valence-electron chi connectivity index (χ3n) is 3.39. The van der Waals surface area contributed by atoms with Gasteiger partial charge < -0.3 is 0 Å². The van der Waals surface area contributed by atoms with Gasteiger partial charge in [0.25, 0.3) is 15.9 Å². The van der Waals surface area contributed by atoms with Gasteiger partial charge >= 0.3 is 0 Å². The lowest BCUT2D eigenvalue weighted by Crippen LogP contribution is -2.37. The molecule has 1 aliphatic rings. The molecule has 11 heteroatoms. The van der Waals surface area contributed by atoms with Gasteiger partial charge in [0.1, 0.15) is 11.4 Å². The number of hydrogen-bond donors (Lipinski definition) is 1. The summed E-state index contributed by atoms with van der Waals surface area (Å²) in [6.07, 6.45) is 0. The third kappa shape index (κ3) is 3.74. The van der Waals surface area contributed by atoms with Gasteiger partial charge in [-0.1, -0.05) is 49.1 Å². The Labute approximate surface area is 159 Å². The number of carbonyl (C=O) groups is 2. The second-order valence-electron chi connectivity index (χ2n) is 5.94. The monoisotopic (exact) mass is 412 g/mol. The van der Waals surface area contributed by atoms with Gasteiger partial charge in [-0.05, 0) is 18.1 Å². The number of fused-ring (bicyclic) bond motifs is 1. The maximum Gasteiger partial charge on any atom is 0.269 e. The molecule has 2 heterocycles. The second-order valence-corrected chi connectivity index (χ2v) is 10.0. The van der Waals surface area contributed by atoms with Gasteiger partial charge in [0.15, 0.2) is 4.34 Å². The Morgan fingerprint density at radius 3 is 2.73 bits per heavy atom. The molecule has 0 spiro atoms. The molecule has 0 atom stereocenters. The Hall–Kier alpha value is -1.98. The molecule has 8 nitrogen and oxygen atoms in total. The first-order chi connectivity index (χ1) is 12.3. The van der Waals surface area contributed by atoms with Gasteiger partial charge in [-0.3, -0.25) is 14.9 Å². The van der Waals surface area contributed by atoms with Crippen LogP contribution in [0.5, 0.6) is 0 Å². The standard InChI is InChI=1S/C15H16N4O4S3/c1-9(2)8-24-15-18-17-14(25-15)16-12(20)7-19-13(21)10-5-3-4-6-11(10)26(19,22)23/h3-6,9H,7-8H2,1-2H3,(H,16,17,20). The highest BCUT2D eigenvalue weighted by atomic mass is 32.2. The van der Waals surface area contributed by atoms with E-state index in [1.807, 2.05) is 0 Å². The van der Waals surface area contributed by atoms with E-state index in [2.05, 4.69) is 29.4 Å². The number of thioether (sulfide) groups is 1. The number of aromatic nitrogens is 2. The zero-order chi connectivity index (χ0) is 18.9. The fraction of sp³-hybridized carbons (Fsp3) is 0.333. The zero-order valence-corrected chi connectivity index (χ0v) is 16.4. The van der Waals surface area contributed by atoms with Crippen LogP contribution in [0.3, 0.4) is 0 Å². The van der Waals surface area contributed by atoms with Gasteiger partial charge in [0.05, 0.1) is 5.56 Å². The summed E-state index contributed by atoms with van der Waals surface area (Å²) in [5.74, 6) is 0.0175. The maximum atomic E-state index is 12.4. The van der Waals surface area contributed by atoms with Crippen molar-refractivity contribution in [2.75, 3.05) is 17.6 Å². The van der Waals surface area contributed by atoms with Crippen LogP contribution in [0.25, 0.3) is 0 Å². The van der Waals surface area contributed by atoms with Crippen LogP contribution in [-0.2, 0) is 14.8 Å². The number of nitrogens with one attached hydrogen (secondary N) is 1. The molecule has 0 radical (unpaired) electrons. The number of benzene rings is 1. The van der Waals surface area contributed by atoms with E-state index < -0.39 is 28.4 Å². The third-order valence-corrected chi connectivity index (χ3v) is 7.58. The van der Waals surface area contributed by atoms with Crippen molar-refractivity contribution < 1.29 is 18.0 Å². The van der Waals surface area contributed by atoms with Crippen molar-refractivity contribution in [3.05, 3.63) is 29.8 Å². The number of sulfonamides is 1. The summed E-state index contributed by atoms with van der Waals surface area (Å²) < 4.78 is 26.2. The largest absolute Gasteiger partial charge is 0.299 e. The zero-order valence-electron chi connectivity index (χ0n) is 14.0. The summed E-state index contributed by atoms with van der Waals surface area (Å²) in [4.78, 5) is 24.4. The Morgan fingerprint density at radius 2 is 2.04 bits per heavy atom. The molecule has 1 aliphatic heterocycles. The van der Waals surface area contributed by atoms with Crippen molar-refractivity contribution in [1.82, 2.24) is 14.5 Å². The summed E-state index contributed by atoms with van der Waals surface area (Å²) in [7, 11) is -4.01. The van der Waals surface area contributed by atoms with E-state index in [4.69, 9.17) is 0 Å². The molecular weight excluding hydrogens is 396 g/mol. The van der Waals surface area contributed by atoms with Crippen LogP contribution in [-0.4, -0.2) is 47.0 Å². The average molecular weight is 413 g/mol. The van der Waals surface area contributed by atoms with E-state index in [0.29, 0.717) is 14.6 Å². The number of hydrogen-bond acceptors (Lipinski definition) is 8. The van der Waals surface area contributed by atoms with Crippen LogP contribution in [0, 0.1) is 5.92 Å². The van der Waals surface area contributed by atoms with Crippen molar-refractivity contribution >= 4 is 50.1 Å². The van der Waals surface area contributed by atoms with Crippen molar-refractivity contribution in [3.63, 3.8) is 0 Å². The summed E-state index contributed by atoms with van der Waals surface area (Å²) >= 11 is 2.74. The Bertz CT molecular complexity index is 955. The van der Waals surface area contributed by atoms with Crippen molar-refractivity contribution in [1.29, 1.82) is 0 Å². The molecule has 1 aromatic heterocycles. The average Bonchev–Trinajstić information content (AvgIpc) is 3.10. The topological polar surface area (TPSA) is 109 Å². The lowest BCUT2D eigenvalue weighted by Gasteiger charge is -2.13. The van der Waals surface area contributed by atoms with Crippen molar-refractivity contribution in [2.24, 2.45) is 5.92 Å². The van der Waals surface area contributed by atoms with Gasteiger partial charge in [0.2, 0.25) is 11.0 Å².